The molecule has 172 valence electrons. The summed E-state index contributed by atoms with van der Waals surface area (Å²) >= 11 is 0.742. The molecule has 0 aromatic heterocycles. The number of hydrogen-bond donors (Lipinski definition) is 1. The summed E-state index contributed by atoms with van der Waals surface area (Å²) in [5, 5.41) is 1.96. The van der Waals surface area contributed by atoms with E-state index in [1.165, 1.54) is 36.4 Å². The molecule has 6 nitrogen and oxygen atoms in total. The van der Waals surface area contributed by atoms with Crippen molar-refractivity contribution >= 4 is 40.6 Å². The maximum atomic E-state index is 13.3. The predicted octanol–water partition coefficient (Wildman–Crippen LogP) is 5.22. The van der Waals surface area contributed by atoms with Crippen LogP contribution < -0.4 is 10.1 Å². The van der Waals surface area contributed by atoms with Crippen molar-refractivity contribution in [3.05, 3.63) is 100 Å². The summed E-state index contributed by atoms with van der Waals surface area (Å²) in [6, 6.07) is 18.1. The van der Waals surface area contributed by atoms with Crippen LogP contribution >= 0.6 is 11.8 Å². The van der Waals surface area contributed by atoms with Gasteiger partial charge >= 0.3 is 0 Å². The topological polar surface area (TPSA) is 75.7 Å². The third-order valence-electron chi connectivity index (χ3n) is 4.78. The van der Waals surface area contributed by atoms with Gasteiger partial charge in [0.05, 0.1) is 4.91 Å². The molecule has 1 heterocycles. The highest BCUT2D eigenvalue weighted by atomic mass is 32.2. The number of halogens is 2. The van der Waals surface area contributed by atoms with Crippen LogP contribution in [-0.2, 0) is 16.2 Å². The Morgan fingerprint density at radius 3 is 2.41 bits per heavy atom. The molecule has 3 amide bonds. The van der Waals surface area contributed by atoms with E-state index in [0.29, 0.717) is 22.6 Å². The minimum absolute atomic E-state index is 0.188. The highest BCUT2D eigenvalue weighted by molar-refractivity contribution is 8.18. The minimum Gasteiger partial charge on any atom is -0.489 e. The summed E-state index contributed by atoms with van der Waals surface area (Å²) in [7, 11) is 0. The van der Waals surface area contributed by atoms with Gasteiger partial charge in [-0.25, -0.2) is 8.78 Å². The quantitative estimate of drug-likeness (QED) is 0.470. The lowest BCUT2D eigenvalue weighted by Gasteiger charge is -2.12. The highest BCUT2D eigenvalue weighted by Crippen LogP contribution is 2.32. The molecular weight excluding hydrogens is 462 g/mol. The van der Waals surface area contributed by atoms with Crippen molar-refractivity contribution in [1.29, 1.82) is 0 Å². The van der Waals surface area contributed by atoms with Gasteiger partial charge in [-0.3, -0.25) is 19.3 Å². The first-order valence-electron chi connectivity index (χ1n) is 10.2. The number of thioether (sulfide) groups is 1. The zero-order valence-electron chi connectivity index (χ0n) is 17.7. The third-order valence-corrected chi connectivity index (χ3v) is 5.68. The predicted molar refractivity (Wildman–Crippen MR) is 125 cm³/mol. The van der Waals surface area contributed by atoms with Crippen molar-refractivity contribution in [1.82, 2.24) is 4.90 Å². The SMILES string of the molecule is O=C(CN1C(=O)S/C(=C\c2ccc(OCc3cccc(F)c3)cc2)C1=O)Nc1ccc(F)cc1. The normalized spacial score (nSPS) is 14.5. The molecule has 3 aromatic carbocycles. The molecule has 0 atom stereocenters. The summed E-state index contributed by atoms with van der Waals surface area (Å²) < 4.78 is 31.9. The van der Waals surface area contributed by atoms with Crippen molar-refractivity contribution in [2.75, 3.05) is 11.9 Å². The van der Waals surface area contributed by atoms with Crippen LogP contribution in [0.2, 0.25) is 0 Å². The van der Waals surface area contributed by atoms with Gasteiger partial charge < -0.3 is 10.1 Å². The van der Waals surface area contributed by atoms with Crippen molar-refractivity contribution < 1.29 is 27.9 Å². The van der Waals surface area contributed by atoms with Gasteiger partial charge in [0, 0.05) is 5.69 Å². The Bertz CT molecular complexity index is 1260. The van der Waals surface area contributed by atoms with Gasteiger partial charge in [-0.1, -0.05) is 24.3 Å². The molecule has 0 radical (unpaired) electrons. The summed E-state index contributed by atoms with van der Waals surface area (Å²) in [5.74, 6) is -1.36. The van der Waals surface area contributed by atoms with Crippen LogP contribution in [0.25, 0.3) is 6.08 Å². The van der Waals surface area contributed by atoms with Crippen LogP contribution in [0.15, 0.2) is 77.7 Å². The summed E-state index contributed by atoms with van der Waals surface area (Å²) in [6.07, 6.45) is 1.55. The van der Waals surface area contributed by atoms with Gasteiger partial charge in [0.15, 0.2) is 0 Å². The number of imide groups is 1. The number of anilines is 1. The fraction of sp³-hybridized carbons (Fsp3) is 0.0800. The van der Waals surface area contributed by atoms with Gasteiger partial charge in [0.25, 0.3) is 11.1 Å². The number of hydrogen-bond acceptors (Lipinski definition) is 5. The number of rotatable bonds is 7. The lowest BCUT2D eigenvalue weighted by Crippen LogP contribution is -2.36. The van der Waals surface area contributed by atoms with E-state index >= 15 is 0 Å². The average Bonchev–Trinajstić information content (AvgIpc) is 3.07. The molecular formula is C25H18F2N2O4S. The van der Waals surface area contributed by atoms with E-state index in [0.717, 1.165) is 16.7 Å². The second-order valence-corrected chi connectivity index (χ2v) is 8.30. The van der Waals surface area contributed by atoms with E-state index in [1.807, 2.05) is 0 Å². The standard InChI is InChI=1S/C25H18F2N2O4S/c26-18-6-8-20(9-7-18)28-23(30)14-29-24(31)22(34-25(29)32)13-16-4-10-21(11-5-16)33-15-17-2-1-3-19(27)12-17/h1-13H,14-15H2,(H,28,30)/b22-13-. The van der Waals surface area contributed by atoms with Gasteiger partial charge in [-0.15, -0.1) is 0 Å². The van der Waals surface area contributed by atoms with Crippen LogP contribution in [0.3, 0.4) is 0 Å². The number of nitrogens with one attached hydrogen (secondary N) is 1. The maximum Gasteiger partial charge on any atom is 0.294 e. The van der Waals surface area contributed by atoms with Crippen LogP contribution in [0.5, 0.6) is 5.75 Å². The molecule has 0 unspecified atom stereocenters. The summed E-state index contributed by atoms with van der Waals surface area (Å²) in [6.45, 7) is -0.248. The van der Waals surface area contributed by atoms with Crippen LogP contribution in [0, 0.1) is 11.6 Å². The molecule has 4 rings (SSSR count). The van der Waals surface area contributed by atoms with Gasteiger partial charge in [-0.05, 0) is 77.5 Å². The Morgan fingerprint density at radius 1 is 0.971 bits per heavy atom. The number of amides is 3. The molecule has 1 saturated heterocycles. The first kappa shape index (κ1) is 23.2. The Balaban J connectivity index is 1.35. The van der Waals surface area contributed by atoms with E-state index in [9.17, 15) is 23.2 Å². The van der Waals surface area contributed by atoms with Crippen LogP contribution in [-0.4, -0.2) is 28.5 Å². The van der Waals surface area contributed by atoms with E-state index in [2.05, 4.69) is 5.32 Å². The third kappa shape index (κ3) is 5.87. The fourth-order valence-electron chi connectivity index (χ4n) is 3.12. The minimum atomic E-state index is -0.574. The lowest BCUT2D eigenvalue weighted by atomic mass is 10.2. The molecule has 34 heavy (non-hydrogen) atoms. The molecule has 3 aromatic rings. The average molecular weight is 480 g/mol. The molecule has 1 aliphatic rings. The van der Waals surface area contributed by atoms with E-state index in [4.69, 9.17) is 4.74 Å². The second-order valence-electron chi connectivity index (χ2n) is 7.31. The van der Waals surface area contributed by atoms with Crippen LogP contribution in [0.1, 0.15) is 11.1 Å². The molecule has 1 fully saturated rings. The number of ether oxygens (including phenoxy) is 1. The number of nitrogens with zero attached hydrogens (tertiary/aromatic N) is 1. The smallest absolute Gasteiger partial charge is 0.294 e. The second kappa shape index (κ2) is 10.3. The largest absolute Gasteiger partial charge is 0.489 e. The first-order valence-corrected chi connectivity index (χ1v) is 11.0. The van der Waals surface area contributed by atoms with Gasteiger partial charge in [-0.2, -0.15) is 0 Å². The molecule has 9 heteroatoms. The molecule has 0 aliphatic carbocycles. The Morgan fingerprint density at radius 2 is 1.71 bits per heavy atom. The Labute approximate surface area is 198 Å². The number of carbonyl (C=O) groups excluding carboxylic acids is 3. The summed E-state index contributed by atoms with van der Waals surface area (Å²) in [5.41, 5.74) is 1.72. The molecule has 0 bridgehead atoms. The van der Waals surface area contributed by atoms with Crippen molar-refractivity contribution in [3.8, 4) is 5.75 Å². The number of carbonyl (C=O) groups is 3. The van der Waals surface area contributed by atoms with Gasteiger partial charge in [0.1, 0.15) is 30.5 Å². The van der Waals surface area contributed by atoms with E-state index in [1.54, 1.807) is 42.5 Å². The fourth-order valence-corrected chi connectivity index (χ4v) is 3.96. The van der Waals surface area contributed by atoms with Crippen LogP contribution in [0.4, 0.5) is 19.3 Å². The van der Waals surface area contributed by atoms with E-state index in [-0.39, 0.29) is 17.3 Å². The van der Waals surface area contributed by atoms with Crippen molar-refractivity contribution in [2.45, 2.75) is 6.61 Å². The number of benzene rings is 3. The zero-order chi connectivity index (χ0) is 24.1. The Kier molecular flexibility index (Phi) is 7.03. The Hall–Kier alpha value is -3.98. The zero-order valence-corrected chi connectivity index (χ0v) is 18.5. The maximum absolute atomic E-state index is 13.3. The molecule has 1 N–H and O–H groups in total. The molecule has 0 saturated carbocycles. The monoisotopic (exact) mass is 480 g/mol. The molecule has 1 aliphatic heterocycles. The van der Waals surface area contributed by atoms with Crippen molar-refractivity contribution in [3.63, 3.8) is 0 Å². The molecule has 0 spiro atoms. The lowest BCUT2D eigenvalue weighted by molar-refractivity contribution is -0.127. The van der Waals surface area contributed by atoms with E-state index < -0.39 is 29.4 Å². The van der Waals surface area contributed by atoms with Crippen molar-refractivity contribution in [2.24, 2.45) is 0 Å². The summed E-state index contributed by atoms with van der Waals surface area (Å²) in [4.78, 5) is 38.2. The highest BCUT2D eigenvalue weighted by Gasteiger charge is 2.36. The first-order chi connectivity index (χ1) is 16.4. The van der Waals surface area contributed by atoms with Gasteiger partial charge in [0.2, 0.25) is 5.91 Å².